The van der Waals surface area contributed by atoms with Crippen LogP contribution in [0.4, 0.5) is 0 Å². The minimum atomic E-state index is -1.94. The topological polar surface area (TPSA) is 16.1 Å². The van der Waals surface area contributed by atoms with Crippen molar-refractivity contribution in [3.05, 3.63) is 167 Å². The third-order valence-corrected chi connectivity index (χ3v) is 13.9. The van der Waals surface area contributed by atoms with Crippen LogP contribution in [0, 0.1) is 0 Å². The van der Waals surface area contributed by atoms with E-state index in [-0.39, 0.29) is 5.54 Å². The lowest BCUT2D eigenvalue weighted by molar-refractivity contribution is 0.311. The van der Waals surface area contributed by atoms with Gasteiger partial charge in [-0.15, -0.1) is 0 Å². The van der Waals surface area contributed by atoms with Crippen molar-refractivity contribution in [3.63, 3.8) is 0 Å². The second kappa shape index (κ2) is 7.93. The quantitative estimate of drug-likeness (QED) is 0.182. The maximum atomic E-state index is 5.59. The van der Waals surface area contributed by atoms with Crippen LogP contribution >= 0.6 is 7.41 Å². The van der Waals surface area contributed by atoms with E-state index in [0.717, 1.165) is 17.5 Å². The second-order valence-corrected chi connectivity index (χ2v) is 15.6. The number of hydrogen-bond donors (Lipinski definition) is 0. The standard InChI is InChI=1S/C38H30N2P/c1-37-24-12-23-36-38(30-17-7-5-15-28(30)29-16-6-8-18-31(29)38)35-22-11-20-33(39-35)27-14-4-3-13-26(27)25-41(2,40(36)37)34-21-10-9-19-32(34)37/h3-24H,25H2,1-2H3/q+1. The zero-order valence-electron chi connectivity index (χ0n) is 23.3. The first kappa shape index (κ1) is 23.4. The number of aromatic nitrogens is 1. The average molecular weight is 546 g/mol. The Hall–Kier alpha value is -4.26. The molecule has 1 spiro atoms. The van der Waals surface area contributed by atoms with E-state index in [1.807, 2.05) is 0 Å². The summed E-state index contributed by atoms with van der Waals surface area (Å²) in [6.45, 7) is 5.01. The van der Waals surface area contributed by atoms with Gasteiger partial charge in [0.2, 0.25) is 0 Å². The Morgan fingerprint density at radius 3 is 2.07 bits per heavy atom. The van der Waals surface area contributed by atoms with Gasteiger partial charge in [-0.25, -0.2) is 4.67 Å². The average Bonchev–Trinajstić information content (AvgIpc) is 3.42. The van der Waals surface area contributed by atoms with E-state index < -0.39 is 12.8 Å². The molecule has 1 aliphatic carbocycles. The van der Waals surface area contributed by atoms with Crippen LogP contribution in [0.3, 0.4) is 0 Å². The minimum absolute atomic E-state index is 0.256. The molecule has 2 unspecified atom stereocenters. The van der Waals surface area contributed by atoms with Crippen LogP contribution in [-0.2, 0) is 17.1 Å². The molecule has 0 radical (unpaired) electrons. The highest BCUT2D eigenvalue weighted by molar-refractivity contribution is 7.80. The zero-order chi connectivity index (χ0) is 27.4. The van der Waals surface area contributed by atoms with Gasteiger partial charge in [-0.2, -0.15) is 0 Å². The van der Waals surface area contributed by atoms with Gasteiger partial charge in [0.1, 0.15) is 29.8 Å². The Kier molecular flexibility index (Phi) is 4.54. The van der Waals surface area contributed by atoms with Crippen LogP contribution in [0.1, 0.15) is 34.9 Å². The summed E-state index contributed by atoms with van der Waals surface area (Å²) in [5.41, 5.74) is 12.0. The Labute approximate surface area is 242 Å². The molecule has 0 saturated carbocycles. The molecule has 3 heteroatoms. The second-order valence-electron chi connectivity index (χ2n) is 12.1. The molecule has 196 valence electrons. The van der Waals surface area contributed by atoms with Gasteiger partial charge in [0, 0.05) is 16.7 Å². The number of fused-ring (bicyclic) bond motifs is 14. The summed E-state index contributed by atoms with van der Waals surface area (Å²) in [5, 5.41) is 1.52. The predicted octanol–water partition coefficient (Wildman–Crippen LogP) is 8.45. The summed E-state index contributed by atoms with van der Waals surface area (Å²) in [5.74, 6) is 0. The number of pyridine rings is 1. The Morgan fingerprint density at radius 1 is 0.683 bits per heavy atom. The molecule has 2 nitrogen and oxygen atoms in total. The predicted molar refractivity (Wildman–Crippen MR) is 170 cm³/mol. The van der Waals surface area contributed by atoms with Gasteiger partial charge in [0.15, 0.2) is 0 Å². The fraction of sp³-hybridized carbons (Fsp3) is 0.132. The van der Waals surface area contributed by atoms with Crippen LogP contribution in [0.5, 0.6) is 0 Å². The van der Waals surface area contributed by atoms with Gasteiger partial charge in [0.05, 0.1) is 23.7 Å². The molecule has 41 heavy (non-hydrogen) atoms. The minimum Gasteiger partial charge on any atom is -0.251 e. The van der Waals surface area contributed by atoms with Crippen molar-refractivity contribution in [2.24, 2.45) is 0 Å². The van der Waals surface area contributed by atoms with E-state index in [4.69, 9.17) is 4.98 Å². The van der Waals surface area contributed by atoms with Crippen molar-refractivity contribution in [1.29, 1.82) is 0 Å². The third kappa shape index (κ3) is 2.75. The van der Waals surface area contributed by atoms with Gasteiger partial charge in [0.25, 0.3) is 0 Å². The molecule has 0 N–H and O–H groups in total. The molecule has 3 aliphatic heterocycles. The van der Waals surface area contributed by atoms with Crippen molar-refractivity contribution in [2.75, 3.05) is 6.66 Å². The summed E-state index contributed by atoms with van der Waals surface area (Å²) >= 11 is 0. The number of nitrogens with zero attached hydrogens (tertiary/aromatic N) is 2. The molecule has 2 atom stereocenters. The van der Waals surface area contributed by atoms with Gasteiger partial charge >= 0.3 is 0 Å². The van der Waals surface area contributed by atoms with E-state index in [0.29, 0.717) is 0 Å². The SMILES string of the molecule is CC12C=CC=C3N1[P+](C)(Cc1ccccc1-c1cccc(n1)C31c3ccccc3-c3ccccc31)c1ccccc12. The Balaban J connectivity index is 1.50. The highest BCUT2D eigenvalue weighted by Crippen LogP contribution is 2.75. The van der Waals surface area contributed by atoms with Crippen LogP contribution in [0.2, 0.25) is 0 Å². The van der Waals surface area contributed by atoms with Gasteiger partial charge in [-0.3, -0.25) is 4.98 Å². The van der Waals surface area contributed by atoms with Crippen molar-refractivity contribution in [3.8, 4) is 22.4 Å². The molecule has 5 aromatic rings. The first-order valence-electron chi connectivity index (χ1n) is 14.5. The van der Waals surface area contributed by atoms with Crippen molar-refractivity contribution in [1.82, 2.24) is 9.65 Å². The summed E-state index contributed by atoms with van der Waals surface area (Å²) in [4.78, 5) is 5.59. The van der Waals surface area contributed by atoms with Gasteiger partial charge < -0.3 is 0 Å². The van der Waals surface area contributed by atoms with E-state index in [9.17, 15) is 0 Å². The van der Waals surface area contributed by atoms with Crippen LogP contribution < -0.4 is 5.30 Å². The molecular formula is C38H30N2P+. The largest absolute Gasteiger partial charge is 0.251 e. The molecule has 0 saturated heterocycles. The molecule has 0 amide bonds. The zero-order valence-corrected chi connectivity index (χ0v) is 24.1. The highest BCUT2D eigenvalue weighted by Gasteiger charge is 2.65. The maximum Gasteiger partial charge on any atom is 0.140 e. The third-order valence-electron chi connectivity index (χ3n) is 9.99. The first-order valence-corrected chi connectivity index (χ1v) is 16.9. The smallest absolute Gasteiger partial charge is 0.140 e. The normalized spacial score (nSPS) is 23.7. The van der Waals surface area contributed by atoms with Crippen LogP contribution in [-0.4, -0.2) is 16.3 Å². The number of benzene rings is 4. The van der Waals surface area contributed by atoms with E-state index in [1.165, 1.54) is 49.9 Å². The fourth-order valence-corrected chi connectivity index (χ4v) is 12.9. The summed E-state index contributed by atoms with van der Waals surface area (Å²) in [6.07, 6.45) is 8.15. The highest BCUT2D eigenvalue weighted by atomic mass is 31.2. The molecule has 4 aliphatic rings. The van der Waals surface area contributed by atoms with E-state index >= 15 is 0 Å². The molecule has 4 heterocycles. The van der Waals surface area contributed by atoms with Crippen molar-refractivity contribution < 1.29 is 0 Å². The molecule has 0 fully saturated rings. The number of rotatable bonds is 0. The molecule has 1 aromatic heterocycles. The lowest BCUT2D eigenvalue weighted by Gasteiger charge is -2.48. The Morgan fingerprint density at radius 2 is 1.32 bits per heavy atom. The maximum absolute atomic E-state index is 5.59. The molecule has 2 bridgehead atoms. The number of hydrogen-bond acceptors (Lipinski definition) is 2. The van der Waals surface area contributed by atoms with Crippen molar-refractivity contribution in [2.45, 2.75) is 24.0 Å². The van der Waals surface area contributed by atoms with E-state index in [1.54, 1.807) is 0 Å². The summed E-state index contributed by atoms with van der Waals surface area (Å²) in [7, 11) is -1.94. The van der Waals surface area contributed by atoms with E-state index in [2.05, 4.69) is 152 Å². The van der Waals surface area contributed by atoms with Crippen LogP contribution in [0.25, 0.3) is 22.4 Å². The lowest BCUT2D eigenvalue weighted by Crippen LogP contribution is -2.46. The Bertz CT molecular complexity index is 1940. The molecular weight excluding hydrogens is 515 g/mol. The molecule has 4 aromatic carbocycles. The molecule has 9 rings (SSSR count). The monoisotopic (exact) mass is 545 g/mol. The van der Waals surface area contributed by atoms with Crippen molar-refractivity contribution >= 4 is 12.7 Å². The first-order chi connectivity index (χ1) is 20.1. The number of allylic oxidation sites excluding steroid dienone is 3. The summed E-state index contributed by atoms with van der Waals surface area (Å²) < 4.78 is 2.88. The van der Waals surface area contributed by atoms with Gasteiger partial charge in [-0.05, 0) is 53.5 Å². The van der Waals surface area contributed by atoms with Gasteiger partial charge in [-0.1, -0.05) is 109 Å². The summed E-state index contributed by atoms with van der Waals surface area (Å²) in [6, 6.07) is 42.9. The fourth-order valence-electron chi connectivity index (χ4n) is 8.44. The van der Waals surface area contributed by atoms with Crippen LogP contribution in [0.15, 0.2) is 139 Å². The lowest BCUT2D eigenvalue weighted by atomic mass is 9.70.